The van der Waals surface area contributed by atoms with Gasteiger partial charge >= 0.3 is 11.9 Å². The predicted octanol–water partition coefficient (Wildman–Crippen LogP) is 5.93. The van der Waals surface area contributed by atoms with Crippen molar-refractivity contribution in [1.82, 2.24) is 0 Å². The molecule has 0 radical (unpaired) electrons. The molecule has 5 nitrogen and oxygen atoms in total. The highest BCUT2D eigenvalue weighted by Gasteiger charge is 2.11. The smallest absolute Gasteiger partial charge is 0.332 e. The van der Waals surface area contributed by atoms with E-state index in [0.717, 1.165) is 32.1 Å². The number of hydrogen-bond acceptors (Lipinski definition) is 3. The van der Waals surface area contributed by atoms with Gasteiger partial charge in [0.15, 0.2) is 6.10 Å². The zero-order valence-corrected chi connectivity index (χ0v) is 17.2. The predicted molar refractivity (Wildman–Crippen MR) is 109 cm³/mol. The summed E-state index contributed by atoms with van der Waals surface area (Å²) < 4.78 is 0. The molecule has 0 fully saturated rings. The lowest BCUT2D eigenvalue weighted by Crippen LogP contribution is -2.18. The molecule has 0 aromatic carbocycles. The molecule has 0 bridgehead atoms. The number of aliphatic hydroxyl groups is 1. The fourth-order valence-corrected chi connectivity index (χ4v) is 3.39. The van der Waals surface area contributed by atoms with Crippen LogP contribution in [-0.2, 0) is 9.59 Å². The minimum Gasteiger partial charge on any atom is -0.481 e. The average Bonchev–Trinajstić information content (AvgIpc) is 2.63. The molecule has 1 atom stereocenters. The van der Waals surface area contributed by atoms with Gasteiger partial charge in [-0.1, -0.05) is 103 Å². The van der Waals surface area contributed by atoms with Crippen molar-refractivity contribution in [2.45, 2.75) is 128 Å². The molecule has 0 saturated heterocycles. The van der Waals surface area contributed by atoms with E-state index in [1.165, 1.54) is 77.0 Å². The van der Waals surface area contributed by atoms with Crippen molar-refractivity contribution in [3.63, 3.8) is 0 Å². The van der Waals surface area contributed by atoms with Crippen molar-refractivity contribution < 1.29 is 24.9 Å². The molecule has 160 valence electrons. The number of aliphatic carboxylic acids is 2. The molecule has 0 aliphatic carbocycles. The lowest BCUT2D eigenvalue weighted by Gasteiger charge is -2.05. The van der Waals surface area contributed by atoms with Gasteiger partial charge in [0.05, 0.1) is 0 Å². The Bertz CT molecular complexity index is 357. The van der Waals surface area contributed by atoms with Crippen LogP contribution >= 0.6 is 0 Å². The van der Waals surface area contributed by atoms with E-state index in [4.69, 9.17) is 15.3 Å². The monoisotopic (exact) mass is 386 g/mol. The van der Waals surface area contributed by atoms with Crippen molar-refractivity contribution in [1.29, 1.82) is 0 Å². The third kappa shape index (κ3) is 21.1. The SMILES string of the molecule is O=C(O)CCCCCCCCCCCCCCCCCCCC(O)C(=O)O. The summed E-state index contributed by atoms with van der Waals surface area (Å²) in [4.78, 5) is 20.9. The van der Waals surface area contributed by atoms with Gasteiger partial charge in [0.2, 0.25) is 0 Å². The first-order valence-corrected chi connectivity index (χ1v) is 11.2. The Morgan fingerprint density at radius 3 is 1.11 bits per heavy atom. The van der Waals surface area contributed by atoms with Gasteiger partial charge in [-0.3, -0.25) is 4.79 Å². The molecule has 0 rings (SSSR count). The van der Waals surface area contributed by atoms with Crippen LogP contribution in [0.3, 0.4) is 0 Å². The van der Waals surface area contributed by atoms with Crippen LogP contribution < -0.4 is 0 Å². The van der Waals surface area contributed by atoms with Crippen molar-refractivity contribution in [3.8, 4) is 0 Å². The second-order valence-electron chi connectivity index (χ2n) is 7.80. The molecule has 0 spiro atoms. The van der Waals surface area contributed by atoms with Gasteiger partial charge in [-0.25, -0.2) is 4.79 Å². The highest BCUT2D eigenvalue weighted by Crippen LogP contribution is 2.14. The van der Waals surface area contributed by atoms with Gasteiger partial charge in [-0.15, -0.1) is 0 Å². The topological polar surface area (TPSA) is 94.8 Å². The van der Waals surface area contributed by atoms with E-state index < -0.39 is 18.0 Å². The number of unbranched alkanes of at least 4 members (excludes halogenated alkanes) is 16. The number of rotatable bonds is 21. The molecule has 5 heteroatoms. The summed E-state index contributed by atoms with van der Waals surface area (Å²) in [7, 11) is 0. The Morgan fingerprint density at radius 1 is 0.519 bits per heavy atom. The van der Waals surface area contributed by atoms with Crippen molar-refractivity contribution >= 4 is 11.9 Å². The van der Waals surface area contributed by atoms with E-state index in [9.17, 15) is 9.59 Å². The first-order chi connectivity index (χ1) is 13.0. The summed E-state index contributed by atoms with van der Waals surface area (Å²) in [5.41, 5.74) is 0. The van der Waals surface area contributed by atoms with Gasteiger partial charge in [0.25, 0.3) is 0 Å². The standard InChI is InChI=1S/C22H42O5/c23-20(22(26)27)18-16-14-12-10-8-6-4-2-1-3-5-7-9-11-13-15-17-19-21(24)25/h20,23H,1-19H2,(H,24,25)(H,26,27). The largest absolute Gasteiger partial charge is 0.481 e. The van der Waals surface area contributed by atoms with Gasteiger partial charge in [-0.2, -0.15) is 0 Å². The summed E-state index contributed by atoms with van der Waals surface area (Å²) in [6.07, 6.45) is 19.8. The summed E-state index contributed by atoms with van der Waals surface area (Å²) in [6.45, 7) is 0. The summed E-state index contributed by atoms with van der Waals surface area (Å²) in [6, 6.07) is 0. The third-order valence-corrected chi connectivity index (χ3v) is 5.15. The molecule has 1 unspecified atom stereocenters. The summed E-state index contributed by atoms with van der Waals surface area (Å²) in [5.74, 6) is -1.79. The van der Waals surface area contributed by atoms with E-state index in [1.54, 1.807) is 0 Å². The Kier molecular flexibility index (Phi) is 18.9. The van der Waals surface area contributed by atoms with Crippen molar-refractivity contribution in [3.05, 3.63) is 0 Å². The van der Waals surface area contributed by atoms with E-state index in [-0.39, 0.29) is 0 Å². The molecular formula is C22H42O5. The molecular weight excluding hydrogens is 344 g/mol. The first kappa shape index (κ1) is 25.9. The van der Waals surface area contributed by atoms with Crippen LogP contribution in [0, 0.1) is 0 Å². The average molecular weight is 387 g/mol. The maximum absolute atomic E-state index is 10.5. The zero-order valence-electron chi connectivity index (χ0n) is 17.2. The maximum Gasteiger partial charge on any atom is 0.332 e. The van der Waals surface area contributed by atoms with Crippen molar-refractivity contribution in [2.75, 3.05) is 0 Å². The molecule has 0 aliphatic rings. The number of carboxylic acid groups (broad SMARTS) is 2. The van der Waals surface area contributed by atoms with Gasteiger partial charge in [0, 0.05) is 6.42 Å². The minimum atomic E-state index is -1.19. The Labute approximate surface area is 165 Å². The minimum absolute atomic E-state index is 0.316. The van der Waals surface area contributed by atoms with Crippen LogP contribution in [0.5, 0.6) is 0 Å². The van der Waals surface area contributed by atoms with Crippen LogP contribution in [-0.4, -0.2) is 33.4 Å². The zero-order chi connectivity index (χ0) is 20.2. The number of aliphatic hydroxyl groups excluding tert-OH is 1. The fraction of sp³-hybridized carbons (Fsp3) is 0.909. The fourth-order valence-electron chi connectivity index (χ4n) is 3.39. The van der Waals surface area contributed by atoms with Crippen LogP contribution in [0.25, 0.3) is 0 Å². The Morgan fingerprint density at radius 2 is 0.815 bits per heavy atom. The molecule has 0 saturated carbocycles. The lowest BCUT2D eigenvalue weighted by atomic mass is 10.0. The van der Waals surface area contributed by atoms with Gasteiger partial charge in [-0.05, 0) is 12.8 Å². The number of hydrogen-bond donors (Lipinski definition) is 3. The van der Waals surface area contributed by atoms with Gasteiger partial charge in [0.1, 0.15) is 0 Å². The molecule has 0 aromatic heterocycles. The van der Waals surface area contributed by atoms with Crippen LogP contribution in [0.15, 0.2) is 0 Å². The highest BCUT2D eigenvalue weighted by atomic mass is 16.4. The van der Waals surface area contributed by atoms with E-state index >= 15 is 0 Å². The quantitative estimate of drug-likeness (QED) is 0.213. The second kappa shape index (κ2) is 19.7. The van der Waals surface area contributed by atoms with E-state index in [1.807, 2.05) is 0 Å². The normalized spacial score (nSPS) is 12.2. The molecule has 27 heavy (non-hydrogen) atoms. The summed E-state index contributed by atoms with van der Waals surface area (Å²) in [5, 5.41) is 26.3. The molecule has 0 heterocycles. The van der Waals surface area contributed by atoms with E-state index in [2.05, 4.69) is 0 Å². The number of carboxylic acids is 2. The Balaban J connectivity index is 3.07. The Hall–Kier alpha value is -1.10. The van der Waals surface area contributed by atoms with Crippen molar-refractivity contribution in [2.24, 2.45) is 0 Å². The molecule has 3 N–H and O–H groups in total. The van der Waals surface area contributed by atoms with E-state index in [0.29, 0.717) is 12.8 Å². The van der Waals surface area contributed by atoms with Crippen LogP contribution in [0.1, 0.15) is 122 Å². The lowest BCUT2D eigenvalue weighted by molar-refractivity contribution is -0.147. The molecule has 0 aliphatic heterocycles. The van der Waals surface area contributed by atoms with Crippen LogP contribution in [0.2, 0.25) is 0 Å². The molecule has 0 aromatic rings. The maximum atomic E-state index is 10.5. The second-order valence-corrected chi connectivity index (χ2v) is 7.80. The van der Waals surface area contributed by atoms with Gasteiger partial charge < -0.3 is 15.3 Å². The first-order valence-electron chi connectivity index (χ1n) is 11.2. The third-order valence-electron chi connectivity index (χ3n) is 5.15. The molecule has 0 amide bonds. The highest BCUT2D eigenvalue weighted by molar-refractivity contribution is 5.71. The van der Waals surface area contributed by atoms with Crippen LogP contribution in [0.4, 0.5) is 0 Å². The summed E-state index contributed by atoms with van der Waals surface area (Å²) >= 11 is 0. The number of carbonyl (C=O) groups is 2.